The molecule has 1 atom stereocenters. The maximum absolute atomic E-state index is 13.0. The van der Waals surface area contributed by atoms with Crippen LogP contribution < -0.4 is 5.73 Å². The molecule has 0 fully saturated rings. The van der Waals surface area contributed by atoms with E-state index in [1.54, 1.807) is 6.20 Å². The Labute approximate surface area is 108 Å². The zero-order valence-electron chi connectivity index (χ0n) is 9.11. The lowest BCUT2D eigenvalue weighted by Gasteiger charge is -2.11. The molecule has 2 nitrogen and oxygen atoms in total. The molecule has 1 aromatic heterocycles. The fourth-order valence-electron chi connectivity index (χ4n) is 1.67. The molecular weight excluding hydrogens is 283 g/mol. The van der Waals surface area contributed by atoms with Gasteiger partial charge in [0, 0.05) is 16.7 Å². The second-order valence-electron chi connectivity index (χ2n) is 3.88. The zero-order chi connectivity index (χ0) is 12.3. The molecule has 2 aromatic rings. The molecule has 0 aliphatic carbocycles. The van der Waals surface area contributed by atoms with Crippen LogP contribution in [0.4, 0.5) is 4.39 Å². The lowest BCUT2D eigenvalue weighted by atomic mass is 10.0. The summed E-state index contributed by atoms with van der Waals surface area (Å²) in [5, 5.41) is 0. The third-order valence-electron chi connectivity index (χ3n) is 2.50. The van der Waals surface area contributed by atoms with Crippen molar-refractivity contribution in [2.75, 3.05) is 0 Å². The molecule has 0 aliphatic rings. The van der Waals surface area contributed by atoms with Gasteiger partial charge in [-0.15, -0.1) is 0 Å². The second kappa shape index (κ2) is 5.38. The lowest BCUT2D eigenvalue weighted by Crippen LogP contribution is -2.13. The van der Waals surface area contributed by atoms with Gasteiger partial charge in [0.25, 0.3) is 0 Å². The summed E-state index contributed by atoms with van der Waals surface area (Å²) in [7, 11) is 0. The van der Waals surface area contributed by atoms with Crippen molar-refractivity contribution >= 4 is 15.9 Å². The van der Waals surface area contributed by atoms with Crippen LogP contribution in [0.25, 0.3) is 0 Å². The molecule has 2 rings (SSSR count). The van der Waals surface area contributed by atoms with E-state index in [0.717, 1.165) is 10.0 Å². The average Bonchev–Trinajstić information content (AvgIpc) is 2.29. The Morgan fingerprint density at radius 2 is 2.12 bits per heavy atom. The zero-order valence-corrected chi connectivity index (χ0v) is 10.7. The van der Waals surface area contributed by atoms with Gasteiger partial charge in [0.05, 0.1) is 6.20 Å². The van der Waals surface area contributed by atoms with Crippen LogP contribution in [0.1, 0.15) is 17.2 Å². The minimum atomic E-state index is -0.354. The molecule has 0 saturated heterocycles. The Morgan fingerprint density at radius 1 is 1.29 bits per heavy atom. The highest BCUT2D eigenvalue weighted by molar-refractivity contribution is 9.10. The van der Waals surface area contributed by atoms with Gasteiger partial charge in [0.1, 0.15) is 5.82 Å². The Balaban J connectivity index is 2.14. The van der Waals surface area contributed by atoms with Crippen molar-refractivity contribution in [1.29, 1.82) is 0 Å². The maximum atomic E-state index is 13.0. The quantitative estimate of drug-likeness (QED) is 0.944. The highest BCUT2D eigenvalue weighted by Crippen LogP contribution is 2.18. The Hall–Kier alpha value is -1.26. The molecule has 1 heterocycles. The minimum absolute atomic E-state index is 0.243. The number of aromatic nitrogens is 1. The van der Waals surface area contributed by atoms with Crippen LogP contribution in [0.2, 0.25) is 0 Å². The normalized spacial score (nSPS) is 12.4. The molecule has 0 aliphatic heterocycles. The average molecular weight is 295 g/mol. The summed E-state index contributed by atoms with van der Waals surface area (Å²) in [6, 6.07) is 9.10. The summed E-state index contributed by atoms with van der Waals surface area (Å²) in [5.74, 6) is -0.354. The van der Waals surface area contributed by atoms with Gasteiger partial charge in [-0.3, -0.25) is 4.98 Å². The number of pyridine rings is 1. The van der Waals surface area contributed by atoms with Gasteiger partial charge in [-0.2, -0.15) is 0 Å². The molecule has 4 heteroatoms. The number of benzene rings is 1. The van der Waals surface area contributed by atoms with Crippen molar-refractivity contribution in [2.24, 2.45) is 5.73 Å². The van der Waals surface area contributed by atoms with Crippen LogP contribution in [0.15, 0.2) is 47.2 Å². The molecule has 0 radical (unpaired) electrons. The minimum Gasteiger partial charge on any atom is -0.324 e. The van der Waals surface area contributed by atoms with Crippen LogP contribution in [-0.4, -0.2) is 4.98 Å². The molecule has 1 unspecified atom stereocenters. The highest BCUT2D eigenvalue weighted by Gasteiger charge is 2.08. The first-order valence-electron chi connectivity index (χ1n) is 5.25. The van der Waals surface area contributed by atoms with E-state index < -0.39 is 0 Å². The van der Waals surface area contributed by atoms with E-state index in [9.17, 15) is 4.39 Å². The standard InChI is InChI=1S/C13H12BrFN2/c14-11-3-1-2-9(4-11)5-13(16)10-6-12(15)8-17-7-10/h1-4,6-8,13H,5,16H2. The third-order valence-corrected chi connectivity index (χ3v) is 2.99. The fraction of sp³-hybridized carbons (Fsp3) is 0.154. The van der Waals surface area contributed by atoms with Gasteiger partial charge < -0.3 is 5.73 Å². The predicted octanol–water partition coefficient (Wildman–Crippen LogP) is 3.23. The monoisotopic (exact) mass is 294 g/mol. The van der Waals surface area contributed by atoms with Crippen LogP contribution >= 0.6 is 15.9 Å². The molecule has 0 bridgehead atoms. The smallest absolute Gasteiger partial charge is 0.141 e. The van der Waals surface area contributed by atoms with E-state index in [2.05, 4.69) is 20.9 Å². The SMILES string of the molecule is NC(Cc1cccc(Br)c1)c1cncc(F)c1. The van der Waals surface area contributed by atoms with E-state index in [4.69, 9.17) is 5.73 Å². The first-order chi connectivity index (χ1) is 8.15. The van der Waals surface area contributed by atoms with E-state index >= 15 is 0 Å². The summed E-state index contributed by atoms with van der Waals surface area (Å²) >= 11 is 3.41. The lowest BCUT2D eigenvalue weighted by molar-refractivity contribution is 0.610. The molecule has 17 heavy (non-hydrogen) atoms. The first kappa shape index (κ1) is 12.2. The number of hydrogen-bond acceptors (Lipinski definition) is 2. The second-order valence-corrected chi connectivity index (χ2v) is 4.79. The summed E-state index contributed by atoms with van der Waals surface area (Å²) in [6.45, 7) is 0. The van der Waals surface area contributed by atoms with Gasteiger partial charge in [-0.1, -0.05) is 28.1 Å². The van der Waals surface area contributed by atoms with Crippen molar-refractivity contribution in [2.45, 2.75) is 12.5 Å². The van der Waals surface area contributed by atoms with Crippen LogP contribution in [0, 0.1) is 5.82 Å². The van der Waals surface area contributed by atoms with Crippen molar-refractivity contribution in [3.63, 3.8) is 0 Å². The van der Waals surface area contributed by atoms with Gasteiger partial charge >= 0.3 is 0 Å². The fourth-order valence-corrected chi connectivity index (χ4v) is 2.11. The van der Waals surface area contributed by atoms with Crippen molar-refractivity contribution in [3.05, 3.63) is 64.1 Å². The van der Waals surface area contributed by atoms with Crippen LogP contribution in [0.3, 0.4) is 0 Å². The van der Waals surface area contributed by atoms with E-state index in [-0.39, 0.29) is 11.9 Å². The van der Waals surface area contributed by atoms with Gasteiger partial charge in [-0.05, 0) is 35.7 Å². The first-order valence-corrected chi connectivity index (χ1v) is 6.05. The van der Waals surface area contributed by atoms with Gasteiger partial charge in [0.2, 0.25) is 0 Å². The molecule has 0 saturated carbocycles. The Kier molecular flexibility index (Phi) is 3.86. The Morgan fingerprint density at radius 3 is 2.82 bits per heavy atom. The van der Waals surface area contributed by atoms with Crippen LogP contribution in [0.5, 0.6) is 0 Å². The predicted molar refractivity (Wildman–Crippen MR) is 69.0 cm³/mol. The highest BCUT2D eigenvalue weighted by atomic mass is 79.9. The number of hydrogen-bond donors (Lipinski definition) is 1. The topological polar surface area (TPSA) is 38.9 Å². The summed E-state index contributed by atoms with van der Waals surface area (Å²) < 4.78 is 14.0. The third kappa shape index (κ3) is 3.35. The summed E-state index contributed by atoms with van der Waals surface area (Å²) in [4.78, 5) is 3.80. The van der Waals surface area contributed by atoms with Crippen molar-refractivity contribution in [1.82, 2.24) is 4.98 Å². The van der Waals surface area contributed by atoms with E-state index in [1.165, 1.54) is 12.3 Å². The van der Waals surface area contributed by atoms with Gasteiger partial charge in [0.15, 0.2) is 0 Å². The number of halogens is 2. The molecular formula is C13H12BrFN2. The van der Waals surface area contributed by atoms with Crippen molar-refractivity contribution < 1.29 is 4.39 Å². The largest absolute Gasteiger partial charge is 0.324 e. The van der Waals surface area contributed by atoms with Gasteiger partial charge in [-0.25, -0.2) is 4.39 Å². The molecule has 0 spiro atoms. The van der Waals surface area contributed by atoms with E-state index in [0.29, 0.717) is 12.0 Å². The summed E-state index contributed by atoms with van der Waals surface area (Å²) in [5.41, 5.74) is 7.84. The molecule has 88 valence electrons. The number of nitrogens with two attached hydrogens (primary N) is 1. The van der Waals surface area contributed by atoms with Crippen molar-refractivity contribution in [3.8, 4) is 0 Å². The van der Waals surface area contributed by atoms with E-state index in [1.807, 2.05) is 24.3 Å². The molecule has 1 aromatic carbocycles. The summed E-state index contributed by atoms with van der Waals surface area (Å²) in [6.07, 6.45) is 3.44. The number of rotatable bonds is 3. The Bertz CT molecular complexity index is 516. The van der Waals surface area contributed by atoms with Crippen LogP contribution in [-0.2, 0) is 6.42 Å². The number of nitrogens with zero attached hydrogens (tertiary/aromatic N) is 1. The molecule has 2 N–H and O–H groups in total. The molecule has 0 amide bonds. The maximum Gasteiger partial charge on any atom is 0.141 e.